The van der Waals surface area contributed by atoms with Gasteiger partial charge in [0, 0.05) is 84.6 Å². The summed E-state index contributed by atoms with van der Waals surface area (Å²) in [6, 6.07) is 44.5. The van der Waals surface area contributed by atoms with Crippen molar-refractivity contribution in [3.8, 4) is 45.0 Å². The van der Waals surface area contributed by atoms with Crippen molar-refractivity contribution >= 4 is 62.1 Å². The smallest absolute Gasteiger partial charge is 0.255 e. The zero-order chi connectivity index (χ0) is 59.4. The third kappa shape index (κ3) is 12.6. The van der Waals surface area contributed by atoms with Gasteiger partial charge in [0.2, 0.25) is 0 Å². The molecule has 0 spiro atoms. The van der Waals surface area contributed by atoms with Crippen molar-refractivity contribution in [3.05, 3.63) is 176 Å². The van der Waals surface area contributed by atoms with Gasteiger partial charge in [-0.05, 0) is 134 Å². The second-order valence-corrected chi connectivity index (χ2v) is 23.3. The molecule has 7 heterocycles. The third-order valence-corrected chi connectivity index (χ3v) is 16.0. The predicted molar refractivity (Wildman–Crippen MR) is 341 cm³/mol. The number of ether oxygens (including phenoxy) is 1. The van der Waals surface area contributed by atoms with E-state index in [9.17, 15) is 4.79 Å². The van der Waals surface area contributed by atoms with Gasteiger partial charge in [0.25, 0.3) is 5.91 Å². The first-order valence-corrected chi connectivity index (χ1v) is 29.1. The Labute approximate surface area is 495 Å². The molecule has 2 fully saturated rings. The maximum Gasteiger partial charge on any atom is 0.255 e. The number of aromatic nitrogens is 10. The lowest BCUT2D eigenvalue weighted by Gasteiger charge is -2.41. The number of rotatable bonds is 10. The number of para-hydroxylation sites is 1. The Morgan fingerprint density at radius 3 is 1.68 bits per heavy atom. The topological polar surface area (TPSA) is 228 Å². The van der Waals surface area contributed by atoms with E-state index in [4.69, 9.17) is 27.0 Å². The van der Waals surface area contributed by atoms with Crippen LogP contribution in [0.2, 0.25) is 0 Å². The lowest BCUT2D eigenvalue weighted by atomic mass is 9.89. The lowest BCUT2D eigenvalue weighted by molar-refractivity contribution is 0.0828. The molecule has 0 unspecified atom stereocenters. The molecule has 13 rings (SSSR count). The summed E-state index contributed by atoms with van der Waals surface area (Å²) in [6.07, 6.45) is 13.6. The summed E-state index contributed by atoms with van der Waals surface area (Å²) in [5, 5.41) is 10.3. The standard InChI is InChI=1S/C29H34N6O.C22H21N5O.C16H19N5/c1-33-15-17-34(18-16-33)22-9-11-23(12-10-22)35-19-26(27-28(30)31-20-32-29(27)35)21-7-13-25(14-8-21)36-24-5-3-2-4-6-24;1-14(2)27-12-18(19-20(23)24-13-25-21(19)27)15-8-10-17(11-9-15)26-22(28)16-6-4-3-5-7-16;1-10-5-7-11(8-6-10)13-12-14(17)18-9-19-15(12)21(20-13)16(2,3)4/h2-8,13-14,19-20,22-23H,9-12,15-18H2,1H3,(H2,30,31,32);3-14H,1-2H3,(H,26,28)(H2,23,24,25);5-9H,1-4H3,(H2,17,18,19). The minimum atomic E-state index is -0.179. The van der Waals surface area contributed by atoms with Crippen molar-refractivity contribution in [2.75, 3.05) is 55.7 Å². The van der Waals surface area contributed by atoms with E-state index >= 15 is 0 Å². The number of amides is 1. The van der Waals surface area contributed by atoms with Crippen LogP contribution in [0.15, 0.2) is 165 Å². The molecule has 85 heavy (non-hydrogen) atoms. The van der Waals surface area contributed by atoms with Crippen molar-refractivity contribution < 1.29 is 9.53 Å². The number of nitrogens with two attached hydrogens (primary N) is 3. The van der Waals surface area contributed by atoms with Gasteiger partial charge in [0.05, 0.1) is 21.7 Å². The van der Waals surface area contributed by atoms with Crippen molar-refractivity contribution in [3.63, 3.8) is 0 Å². The van der Waals surface area contributed by atoms with Gasteiger partial charge in [-0.2, -0.15) is 5.10 Å². The molecule has 2 aliphatic rings. The number of nitrogen functional groups attached to an aromatic ring is 3. The molecule has 0 atom stereocenters. The normalized spacial score (nSPS) is 15.8. The largest absolute Gasteiger partial charge is 0.457 e. The highest BCUT2D eigenvalue weighted by Crippen LogP contribution is 2.41. The van der Waals surface area contributed by atoms with E-state index in [1.807, 2.05) is 89.6 Å². The molecule has 1 aliphatic carbocycles. The average Bonchev–Trinajstić information content (AvgIpc) is 1.99. The van der Waals surface area contributed by atoms with Crippen molar-refractivity contribution in [2.45, 2.75) is 90.9 Å². The molecular weight excluding hydrogens is 1060 g/mol. The van der Waals surface area contributed by atoms with E-state index in [1.54, 1.807) is 18.5 Å². The zero-order valence-corrected chi connectivity index (χ0v) is 49.4. The molecule has 0 bridgehead atoms. The molecule has 7 N–H and O–H groups in total. The Balaban J connectivity index is 0.000000138. The molecule has 18 heteroatoms. The molecule has 1 saturated carbocycles. The van der Waals surface area contributed by atoms with Gasteiger partial charge in [0.15, 0.2) is 5.65 Å². The van der Waals surface area contributed by atoms with Crippen LogP contribution in [0.3, 0.4) is 0 Å². The van der Waals surface area contributed by atoms with Crippen molar-refractivity contribution in [2.24, 2.45) is 0 Å². The molecule has 1 amide bonds. The van der Waals surface area contributed by atoms with E-state index in [0.717, 1.165) is 96.6 Å². The monoisotopic (exact) mass is 1130 g/mol. The van der Waals surface area contributed by atoms with Crippen LogP contribution in [0.5, 0.6) is 11.5 Å². The maximum absolute atomic E-state index is 12.3. The molecule has 6 aromatic heterocycles. The van der Waals surface area contributed by atoms with Crippen LogP contribution >= 0.6 is 0 Å². The first-order chi connectivity index (χ1) is 41.1. The highest BCUT2D eigenvalue weighted by atomic mass is 16.5. The molecule has 18 nitrogen and oxygen atoms in total. The predicted octanol–water partition coefficient (Wildman–Crippen LogP) is 12.9. The van der Waals surface area contributed by atoms with Gasteiger partial charge in [-0.15, -0.1) is 0 Å². The number of piperazine rings is 1. The van der Waals surface area contributed by atoms with Crippen LogP contribution in [0.4, 0.5) is 23.1 Å². The second kappa shape index (κ2) is 24.7. The molecule has 434 valence electrons. The fourth-order valence-electron chi connectivity index (χ4n) is 11.4. The average molecular weight is 1140 g/mol. The third-order valence-electron chi connectivity index (χ3n) is 16.0. The van der Waals surface area contributed by atoms with E-state index in [2.05, 4.69) is 152 Å². The number of likely N-dealkylation sites (N-methyl/N-ethyl adjacent to an activating group) is 1. The first-order valence-electron chi connectivity index (χ1n) is 29.1. The first kappa shape index (κ1) is 57.3. The van der Waals surface area contributed by atoms with Gasteiger partial charge >= 0.3 is 0 Å². The van der Waals surface area contributed by atoms with Crippen LogP contribution in [0, 0.1) is 6.92 Å². The van der Waals surface area contributed by atoms with Crippen LogP contribution in [-0.2, 0) is 5.54 Å². The van der Waals surface area contributed by atoms with E-state index < -0.39 is 0 Å². The number of carbonyl (C=O) groups excluding carboxylic acids is 1. The summed E-state index contributed by atoms with van der Waals surface area (Å²) in [4.78, 5) is 43.5. The summed E-state index contributed by atoms with van der Waals surface area (Å²) >= 11 is 0. The fourth-order valence-corrected chi connectivity index (χ4v) is 11.4. The number of aryl methyl sites for hydroxylation is 1. The van der Waals surface area contributed by atoms with Crippen LogP contribution < -0.4 is 27.3 Å². The summed E-state index contributed by atoms with van der Waals surface area (Å²) < 4.78 is 12.3. The van der Waals surface area contributed by atoms with Gasteiger partial charge < -0.3 is 41.3 Å². The van der Waals surface area contributed by atoms with Gasteiger partial charge in [0.1, 0.15) is 64.9 Å². The summed E-state index contributed by atoms with van der Waals surface area (Å²) in [5.74, 6) is 2.95. The number of carbonyl (C=O) groups is 1. The van der Waals surface area contributed by atoms with Crippen molar-refractivity contribution in [1.29, 1.82) is 0 Å². The molecule has 1 saturated heterocycles. The number of benzene rings is 5. The highest BCUT2D eigenvalue weighted by molar-refractivity contribution is 6.05. The number of anilines is 4. The molecule has 5 aromatic carbocycles. The number of nitrogens with zero attached hydrogens (tertiary/aromatic N) is 12. The minimum absolute atomic E-state index is 0.137. The second-order valence-electron chi connectivity index (χ2n) is 23.3. The Morgan fingerprint density at radius 2 is 1.08 bits per heavy atom. The minimum Gasteiger partial charge on any atom is -0.457 e. The number of nitrogens with one attached hydrogen (secondary N) is 1. The summed E-state index contributed by atoms with van der Waals surface area (Å²) in [5.41, 5.74) is 29.5. The van der Waals surface area contributed by atoms with Gasteiger partial charge in [-0.1, -0.05) is 90.5 Å². The van der Waals surface area contributed by atoms with Crippen LogP contribution in [0.25, 0.3) is 66.6 Å². The molecule has 0 radical (unpaired) electrons. The zero-order valence-electron chi connectivity index (χ0n) is 49.4. The summed E-state index contributed by atoms with van der Waals surface area (Å²) in [6.45, 7) is 17.3. The summed E-state index contributed by atoms with van der Waals surface area (Å²) in [7, 11) is 2.22. The Bertz CT molecular complexity index is 4060. The maximum atomic E-state index is 12.3. The Hall–Kier alpha value is -9.52. The van der Waals surface area contributed by atoms with Crippen molar-refractivity contribution in [1.82, 2.24) is 58.6 Å². The Kier molecular flexibility index (Phi) is 16.7. The van der Waals surface area contributed by atoms with Crippen LogP contribution in [0.1, 0.15) is 88.3 Å². The fraction of sp³-hybridized carbons (Fsp3) is 0.284. The molecule has 11 aromatic rings. The number of fused-ring (bicyclic) bond motifs is 3. The molecular formula is C67H74N16O2. The van der Waals surface area contributed by atoms with E-state index in [0.29, 0.717) is 35.1 Å². The van der Waals surface area contributed by atoms with E-state index in [1.165, 1.54) is 57.2 Å². The number of hydrogen-bond donors (Lipinski definition) is 4. The highest BCUT2D eigenvalue weighted by Gasteiger charge is 2.30. The number of hydrogen-bond acceptors (Lipinski definition) is 14. The quantitative estimate of drug-likeness (QED) is 0.0999. The van der Waals surface area contributed by atoms with Gasteiger partial charge in [-0.25, -0.2) is 34.6 Å². The van der Waals surface area contributed by atoms with Crippen LogP contribution in [-0.4, -0.2) is 104 Å². The SMILES string of the molecule is CC(C)n1cc(-c2ccc(NC(=O)c3ccccc3)cc2)c2c(N)ncnc21.CN1CCN(C2CCC(n3cc(-c4ccc(Oc5ccccc5)cc4)c4c(N)ncnc43)CC2)CC1.Cc1ccc(-c2nn(C(C)(C)C)c3ncnc(N)c23)cc1. The lowest BCUT2D eigenvalue weighted by Crippen LogP contribution is -2.49. The van der Waals surface area contributed by atoms with E-state index in [-0.39, 0.29) is 17.5 Å². The Morgan fingerprint density at radius 1 is 0.576 bits per heavy atom. The molecule has 1 aliphatic heterocycles. The van der Waals surface area contributed by atoms with Gasteiger partial charge in [-0.3, -0.25) is 9.69 Å².